The van der Waals surface area contributed by atoms with E-state index in [4.69, 9.17) is 38.8 Å². The molecule has 0 radical (unpaired) electrons. The first-order valence-corrected chi connectivity index (χ1v) is 7.93. The molecule has 7 nitrogen and oxygen atoms in total. The lowest BCUT2D eigenvalue weighted by molar-refractivity contribution is -0.142. The summed E-state index contributed by atoms with van der Waals surface area (Å²) in [6.07, 6.45) is 0.279. The number of hydrogen-bond acceptors (Lipinski definition) is 4. The van der Waals surface area contributed by atoms with Gasteiger partial charge < -0.3 is 20.9 Å². The maximum Gasteiger partial charge on any atom is 0.326 e. The number of amides is 2. The zero-order valence-corrected chi connectivity index (χ0v) is 14.3. The molecule has 1 aromatic rings. The number of carboxylic acids is 1. The molecule has 0 unspecified atom stereocenters. The highest BCUT2D eigenvalue weighted by molar-refractivity contribution is 6.35. The quantitative estimate of drug-likeness (QED) is 0.539. The molecule has 24 heavy (non-hydrogen) atoms. The van der Waals surface area contributed by atoms with E-state index in [1.807, 2.05) is 0 Å². The Morgan fingerprint density at radius 3 is 2.54 bits per heavy atom. The van der Waals surface area contributed by atoms with E-state index in [9.17, 15) is 14.4 Å². The number of nitrogens with two attached hydrogens (primary N) is 1. The van der Waals surface area contributed by atoms with E-state index in [0.717, 1.165) is 0 Å². The summed E-state index contributed by atoms with van der Waals surface area (Å²) in [5.74, 6) is -1.83. The second-order valence-corrected chi connectivity index (χ2v) is 5.83. The Balaban J connectivity index is 2.34. The number of nitrogens with one attached hydrogen (secondary N) is 1. The zero-order valence-electron chi connectivity index (χ0n) is 12.8. The normalized spacial score (nSPS) is 11.6. The molecule has 1 rings (SSSR count). The van der Waals surface area contributed by atoms with Crippen LogP contribution in [-0.2, 0) is 14.4 Å². The molecule has 0 bridgehead atoms. The summed E-state index contributed by atoms with van der Waals surface area (Å²) in [6, 6.07) is 3.65. The fourth-order valence-corrected chi connectivity index (χ4v) is 2.28. The molecule has 132 valence electrons. The van der Waals surface area contributed by atoms with E-state index in [0.29, 0.717) is 22.2 Å². The molecular formula is C15H18Cl2N2O5. The first-order chi connectivity index (χ1) is 11.3. The van der Waals surface area contributed by atoms with Crippen molar-refractivity contribution in [3.8, 4) is 5.75 Å². The number of rotatable bonds is 10. The lowest BCUT2D eigenvalue weighted by Crippen LogP contribution is -2.41. The van der Waals surface area contributed by atoms with Crippen molar-refractivity contribution in [3.05, 3.63) is 28.2 Å². The second kappa shape index (κ2) is 10.00. The lowest BCUT2D eigenvalue weighted by atomic mass is 10.1. The molecule has 0 heterocycles. The number of primary amides is 1. The third-order valence-electron chi connectivity index (χ3n) is 3.01. The number of carboxylic acid groups (broad SMARTS) is 1. The first kappa shape index (κ1) is 20.1. The topological polar surface area (TPSA) is 119 Å². The molecule has 0 aliphatic heterocycles. The summed E-state index contributed by atoms with van der Waals surface area (Å²) in [4.78, 5) is 33.4. The number of aliphatic carboxylic acids is 1. The molecule has 0 aromatic heterocycles. The van der Waals surface area contributed by atoms with Gasteiger partial charge in [0.15, 0.2) is 0 Å². The minimum atomic E-state index is -1.21. The number of carbonyl (C=O) groups is 3. The zero-order chi connectivity index (χ0) is 18.1. The summed E-state index contributed by atoms with van der Waals surface area (Å²) in [6.45, 7) is 0.230. The number of hydrogen-bond donors (Lipinski definition) is 3. The molecule has 0 aliphatic carbocycles. The van der Waals surface area contributed by atoms with E-state index in [-0.39, 0.29) is 25.9 Å². The van der Waals surface area contributed by atoms with Crippen LogP contribution in [0.25, 0.3) is 0 Å². The van der Waals surface area contributed by atoms with Gasteiger partial charge in [0.25, 0.3) is 0 Å². The van der Waals surface area contributed by atoms with Gasteiger partial charge in [-0.1, -0.05) is 23.2 Å². The monoisotopic (exact) mass is 376 g/mol. The van der Waals surface area contributed by atoms with Crippen molar-refractivity contribution < 1.29 is 24.2 Å². The van der Waals surface area contributed by atoms with Crippen LogP contribution in [0, 0.1) is 0 Å². The Morgan fingerprint density at radius 2 is 1.96 bits per heavy atom. The van der Waals surface area contributed by atoms with Gasteiger partial charge in [0, 0.05) is 17.9 Å². The molecule has 2 amide bonds. The van der Waals surface area contributed by atoms with Gasteiger partial charge in [-0.15, -0.1) is 0 Å². The van der Waals surface area contributed by atoms with Crippen LogP contribution >= 0.6 is 23.2 Å². The van der Waals surface area contributed by atoms with E-state index in [2.05, 4.69) is 5.32 Å². The lowest BCUT2D eigenvalue weighted by Gasteiger charge is -2.14. The minimum absolute atomic E-state index is 0.0483. The Bertz CT molecular complexity index is 610. The van der Waals surface area contributed by atoms with Gasteiger partial charge in [-0.05, 0) is 31.0 Å². The standard InChI is InChI=1S/C15H18Cl2N2O5/c16-9-3-5-12(10(17)8-9)24-7-1-2-14(21)19-11(15(22)23)4-6-13(18)20/h3,5,8,11H,1-2,4,6-7H2,(H2,18,20)(H,19,21)(H,22,23)/t11-/m0/s1. The average molecular weight is 377 g/mol. The highest BCUT2D eigenvalue weighted by Gasteiger charge is 2.20. The Kier molecular flexibility index (Phi) is 8.35. The fraction of sp³-hybridized carbons (Fsp3) is 0.400. The van der Waals surface area contributed by atoms with Crippen molar-refractivity contribution in [1.82, 2.24) is 5.32 Å². The van der Waals surface area contributed by atoms with Gasteiger partial charge in [0.05, 0.1) is 11.6 Å². The van der Waals surface area contributed by atoms with Crippen LogP contribution in [-0.4, -0.2) is 35.5 Å². The number of benzene rings is 1. The van der Waals surface area contributed by atoms with Gasteiger partial charge in [0.2, 0.25) is 11.8 Å². The molecule has 1 aromatic carbocycles. The van der Waals surface area contributed by atoms with Gasteiger partial charge in [-0.3, -0.25) is 9.59 Å². The number of ether oxygens (including phenoxy) is 1. The highest BCUT2D eigenvalue weighted by Crippen LogP contribution is 2.27. The van der Waals surface area contributed by atoms with E-state index in [1.54, 1.807) is 18.2 Å². The Labute approximate surface area is 149 Å². The van der Waals surface area contributed by atoms with Crippen molar-refractivity contribution in [2.24, 2.45) is 5.73 Å². The summed E-state index contributed by atoms with van der Waals surface area (Å²) < 4.78 is 5.43. The van der Waals surface area contributed by atoms with Crippen LogP contribution in [0.3, 0.4) is 0 Å². The smallest absolute Gasteiger partial charge is 0.326 e. The molecular weight excluding hydrogens is 359 g/mol. The molecule has 0 spiro atoms. The summed E-state index contributed by atoms with van der Waals surface area (Å²) in [5, 5.41) is 12.2. The van der Waals surface area contributed by atoms with Crippen molar-refractivity contribution in [2.75, 3.05) is 6.61 Å². The van der Waals surface area contributed by atoms with Crippen molar-refractivity contribution >= 4 is 41.0 Å². The SMILES string of the molecule is NC(=O)CC[C@H](NC(=O)CCCOc1ccc(Cl)cc1Cl)C(=O)O. The van der Waals surface area contributed by atoms with Gasteiger partial charge >= 0.3 is 5.97 Å². The third kappa shape index (κ3) is 7.52. The minimum Gasteiger partial charge on any atom is -0.492 e. The fourth-order valence-electron chi connectivity index (χ4n) is 1.82. The van der Waals surface area contributed by atoms with E-state index < -0.39 is 23.8 Å². The van der Waals surface area contributed by atoms with Crippen molar-refractivity contribution in [3.63, 3.8) is 0 Å². The summed E-state index contributed by atoms with van der Waals surface area (Å²) in [5.41, 5.74) is 4.97. The Morgan fingerprint density at radius 1 is 1.25 bits per heavy atom. The van der Waals surface area contributed by atoms with E-state index in [1.165, 1.54) is 0 Å². The molecule has 0 aliphatic rings. The molecule has 0 saturated heterocycles. The number of carbonyl (C=O) groups excluding carboxylic acids is 2. The van der Waals surface area contributed by atoms with Gasteiger partial charge in [0.1, 0.15) is 11.8 Å². The summed E-state index contributed by atoms with van der Waals surface area (Å²) >= 11 is 11.7. The summed E-state index contributed by atoms with van der Waals surface area (Å²) in [7, 11) is 0. The molecule has 0 fully saturated rings. The molecule has 4 N–H and O–H groups in total. The van der Waals surface area contributed by atoms with Gasteiger partial charge in [-0.2, -0.15) is 0 Å². The van der Waals surface area contributed by atoms with Gasteiger partial charge in [-0.25, -0.2) is 4.79 Å². The van der Waals surface area contributed by atoms with Crippen LogP contribution in [0.5, 0.6) is 5.75 Å². The van der Waals surface area contributed by atoms with Crippen LogP contribution < -0.4 is 15.8 Å². The molecule has 1 atom stereocenters. The molecule has 0 saturated carbocycles. The van der Waals surface area contributed by atoms with Crippen molar-refractivity contribution in [1.29, 1.82) is 0 Å². The van der Waals surface area contributed by atoms with Crippen LogP contribution in [0.4, 0.5) is 0 Å². The van der Waals surface area contributed by atoms with Crippen molar-refractivity contribution in [2.45, 2.75) is 31.7 Å². The third-order valence-corrected chi connectivity index (χ3v) is 3.54. The van der Waals surface area contributed by atoms with E-state index >= 15 is 0 Å². The van der Waals surface area contributed by atoms with Crippen LogP contribution in [0.2, 0.25) is 10.0 Å². The Hall–Kier alpha value is -1.99. The van der Waals surface area contributed by atoms with Crippen LogP contribution in [0.15, 0.2) is 18.2 Å². The average Bonchev–Trinajstić information content (AvgIpc) is 2.49. The highest BCUT2D eigenvalue weighted by atomic mass is 35.5. The predicted octanol–water partition coefficient (Wildman–Crippen LogP) is 1.99. The maximum atomic E-state index is 11.7. The first-order valence-electron chi connectivity index (χ1n) is 7.18. The largest absolute Gasteiger partial charge is 0.492 e. The maximum absolute atomic E-state index is 11.7. The number of halogens is 2. The van der Waals surface area contributed by atoms with Crippen LogP contribution in [0.1, 0.15) is 25.7 Å². The second-order valence-electron chi connectivity index (χ2n) is 4.99. The molecule has 9 heteroatoms. The predicted molar refractivity (Wildman–Crippen MR) is 89.2 cm³/mol.